The molecule has 0 bridgehead atoms. The fourth-order valence-corrected chi connectivity index (χ4v) is 14.4. The normalized spacial score (nSPS) is 17.8. The van der Waals surface area contributed by atoms with E-state index in [2.05, 4.69) is 295 Å². The molecule has 82 heavy (non-hydrogen) atoms. The van der Waals surface area contributed by atoms with Crippen molar-refractivity contribution in [1.29, 1.82) is 0 Å². The Labute approximate surface area is 486 Å². The molecule has 3 aliphatic heterocycles. The topological polar surface area (TPSA) is 35.5 Å². The van der Waals surface area contributed by atoms with Gasteiger partial charge in [-0.15, -0.1) is 0 Å². The second kappa shape index (κ2) is 18.5. The number of hydrogen-bond donors (Lipinski definition) is 0. The van der Waals surface area contributed by atoms with Crippen LogP contribution in [0, 0.1) is 0 Å². The Hall–Kier alpha value is -8.48. The molecule has 0 fully saturated rings. The third-order valence-electron chi connectivity index (χ3n) is 19.1. The second-order valence-electron chi connectivity index (χ2n) is 27.1. The van der Waals surface area contributed by atoms with E-state index < -0.39 is 5.54 Å². The zero-order chi connectivity index (χ0) is 56.7. The number of anilines is 8. The lowest BCUT2D eigenvalue weighted by atomic mass is 9.33. The number of hydrogen-bond acceptors (Lipinski definition) is 5. The van der Waals surface area contributed by atoms with Crippen molar-refractivity contribution < 1.29 is 0 Å². The van der Waals surface area contributed by atoms with Crippen LogP contribution in [-0.2, 0) is 33.6 Å². The van der Waals surface area contributed by atoms with Crippen LogP contribution in [0.4, 0.5) is 45.5 Å². The first-order chi connectivity index (χ1) is 39.3. The molecule has 0 amide bonds. The molecular weight excluding hydrogens is 994 g/mol. The predicted molar refractivity (Wildman–Crippen MR) is 347 cm³/mol. The Balaban J connectivity index is 1.07. The van der Waals surface area contributed by atoms with Gasteiger partial charge in [-0.3, -0.25) is 0 Å². The average Bonchev–Trinajstić information content (AvgIpc) is 1.40. The molecule has 5 nitrogen and oxygen atoms in total. The molecule has 10 aromatic rings. The van der Waals surface area contributed by atoms with Crippen LogP contribution in [0.2, 0.25) is 0 Å². The second-order valence-corrected chi connectivity index (χ2v) is 27.1. The molecule has 9 aromatic carbocycles. The van der Waals surface area contributed by atoms with E-state index in [1.807, 2.05) is 12.4 Å². The number of fused-ring (bicyclic) bond motifs is 9. The van der Waals surface area contributed by atoms with Crippen LogP contribution in [0.25, 0.3) is 33.4 Å². The molecule has 14 rings (SSSR count). The summed E-state index contributed by atoms with van der Waals surface area (Å²) < 4.78 is 0. The summed E-state index contributed by atoms with van der Waals surface area (Å²) in [6.45, 7) is 26.0. The van der Waals surface area contributed by atoms with Gasteiger partial charge in [0.25, 0.3) is 6.71 Å². The zero-order valence-corrected chi connectivity index (χ0v) is 49.4. The summed E-state index contributed by atoms with van der Waals surface area (Å²) in [6.07, 6.45) is 7.54. The van der Waals surface area contributed by atoms with E-state index in [4.69, 9.17) is 0 Å². The van der Waals surface area contributed by atoms with Gasteiger partial charge in [0, 0.05) is 68.7 Å². The Morgan fingerprint density at radius 2 is 0.976 bits per heavy atom. The molecule has 0 spiro atoms. The Bertz CT molecular complexity index is 4150. The smallest absolute Gasteiger partial charge is 0.252 e. The first kappa shape index (κ1) is 51.7. The molecular formula is C76H72BN5. The maximum Gasteiger partial charge on any atom is 0.252 e. The van der Waals surface area contributed by atoms with Crippen molar-refractivity contribution in [2.75, 3.05) is 14.7 Å². The molecule has 1 aromatic heterocycles. The van der Waals surface area contributed by atoms with Gasteiger partial charge in [0.2, 0.25) is 0 Å². The van der Waals surface area contributed by atoms with Gasteiger partial charge < -0.3 is 14.7 Å². The Morgan fingerprint density at radius 1 is 0.415 bits per heavy atom. The minimum absolute atomic E-state index is 0.0152. The SMILES string of the molecule is CC(C)(C)c1ccc(N2c3cc(N4c5ccc(-c6cncnc6)cc5C5(C)CCc6ccccc6C45C)ccc3B3c4ccc(-c5ccccc5)cc4N(c4ccc(C(C)(C)C)cc4-c4ccccc4)c4cc(C(C)(C)C)cc2c43)cc1. The highest BCUT2D eigenvalue weighted by molar-refractivity contribution is 7.00. The summed E-state index contributed by atoms with van der Waals surface area (Å²) in [5, 5.41) is 0. The molecule has 2 atom stereocenters. The highest BCUT2D eigenvalue weighted by atomic mass is 15.3. The van der Waals surface area contributed by atoms with Gasteiger partial charge in [-0.05, 0) is 175 Å². The van der Waals surface area contributed by atoms with E-state index in [0.717, 1.165) is 29.7 Å². The third kappa shape index (κ3) is 7.95. The first-order valence-electron chi connectivity index (χ1n) is 29.5. The maximum atomic E-state index is 4.46. The summed E-state index contributed by atoms with van der Waals surface area (Å²) in [5.74, 6) is 0. The molecule has 4 aliphatic rings. The van der Waals surface area contributed by atoms with Crippen LogP contribution in [0.3, 0.4) is 0 Å². The number of aromatic nitrogens is 2. The minimum Gasteiger partial charge on any atom is -0.330 e. The summed E-state index contributed by atoms with van der Waals surface area (Å²) >= 11 is 0. The first-order valence-corrected chi connectivity index (χ1v) is 29.5. The third-order valence-corrected chi connectivity index (χ3v) is 19.1. The lowest BCUT2D eigenvalue weighted by Crippen LogP contribution is -2.61. The monoisotopic (exact) mass is 1070 g/mol. The number of aryl methyl sites for hydroxylation is 1. The van der Waals surface area contributed by atoms with E-state index in [9.17, 15) is 0 Å². The van der Waals surface area contributed by atoms with E-state index in [0.29, 0.717) is 0 Å². The van der Waals surface area contributed by atoms with Crippen LogP contribution < -0.4 is 31.1 Å². The van der Waals surface area contributed by atoms with E-state index >= 15 is 0 Å². The van der Waals surface area contributed by atoms with E-state index in [1.165, 1.54) is 112 Å². The fourth-order valence-electron chi connectivity index (χ4n) is 14.4. The molecule has 1 aliphatic carbocycles. The molecule has 404 valence electrons. The van der Waals surface area contributed by atoms with Crippen LogP contribution >= 0.6 is 0 Å². The highest BCUT2D eigenvalue weighted by Crippen LogP contribution is 2.64. The van der Waals surface area contributed by atoms with Gasteiger partial charge in [0.1, 0.15) is 6.33 Å². The number of benzene rings is 9. The summed E-state index contributed by atoms with van der Waals surface area (Å²) in [5.41, 5.74) is 27.6. The molecule has 0 radical (unpaired) electrons. The molecule has 4 heterocycles. The summed E-state index contributed by atoms with van der Waals surface area (Å²) in [4.78, 5) is 16.9. The zero-order valence-electron chi connectivity index (χ0n) is 49.4. The van der Waals surface area contributed by atoms with Crippen molar-refractivity contribution in [3.63, 3.8) is 0 Å². The Morgan fingerprint density at radius 3 is 1.66 bits per heavy atom. The van der Waals surface area contributed by atoms with Crippen LogP contribution in [-0.4, -0.2) is 16.7 Å². The quantitative estimate of drug-likeness (QED) is 0.155. The molecule has 0 N–H and O–H groups in total. The molecule has 0 saturated heterocycles. The molecule has 2 unspecified atom stereocenters. The number of nitrogens with zero attached hydrogens (tertiary/aromatic N) is 5. The van der Waals surface area contributed by atoms with Gasteiger partial charge in [-0.2, -0.15) is 0 Å². The van der Waals surface area contributed by atoms with Gasteiger partial charge >= 0.3 is 0 Å². The van der Waals surface area contributed by atoms with E-state index in [-0.39, 0.29) is 28.4 Å². The lowest BCUT2D eigenvalue weighted by molar-refractivity contribution is 0.245. The lowest BCUT2D eigenvalue weighted by Gasteiger charge is -2.51. The fraction of sp³-hybridized carbons (Fsp3) is 0.237. The van der Waals surface area contributed by atoms with Crippen molar-refractivity contribution in [3.05, 3.63) is 246 Å². The van der Waals surface area contributed by atoms with Crippen LogP contribution in [0.5, 0.6) is 0 Å². The summed E-state index contributed by atoms with van der Waals surface area (Å²) in [6, 6.07) is 74.9. The van der Waals surface area contributed by atoms with Crippen LogP contribution in [0.15, 0.2) is 213 Å². The van der Waals surface area contributed by atoms with Gasteiger partial charge in [-0.25, -0.2) is 9.97 Å². The van der Waals surface area contributed by atoms with Crippen molar-refractivity contribution in [1.82, 2.24) is 9.97 Å². The number of rotatable bonds is 6. The predicted octanol–water partition coefficient (Wildman–Crippen LogP) is 17.7. The van der Waals surface area contributed by atoms with Gasteiger partial charge in [0.15, 0.2) is 0 Å². The van der Waals surface area contributed by atoms with Crippen molar-refractivity contribution in [2.45, 2.75) is 116 Å². The molecule has 0 saturated carbocycles. The average molecular weight is 1070 g/mol. The highest BCUT2D eigenvalue weighted by Gasteiger charge is 2.60. The molecule has 6 heteroatoms. The van der Waals surface area contributed by atoms with Crippen LogP contribution in [0.1, 0.15) is 116 Å². The Kier molecular flexibility index (Phi) is 11.7. The maximum absolute atomic E-state index is 4.46. The van der Waals surface area contributed by atoms with Gasteiger partial charge in [0.05, 0.1) is 11.2 Å². The summed E-state index contributed by atoms with van der Waals surface area (Å²) in [7, 11) is 0. The van der Waals surface area contributed by atoms with E-state index in [1.54, 1.807) is 6.33 Å². The largest absolute Gasteiger partial charge is 0.330 e. The van der Waals surface area contributed by atoms with Crippen molar-refractivity contribution in [3.8, 4) is 33.4 Å². The van der Waals surface area contributed by atoms with Crippen molar-refractivity contribution >= 4 is 68.6 Å². The minimum atomic E-state index is -0.423. The van der Waals surface area contributed by atoms with Crippen molar-refractivity contribution in [2.24, 2.45) is 0 Å². The standard InChI is InChI=1S/C76H72BN5/c1-72(2,3)55-28-31-58(32-29-55)80-68-45-59(82-66-36-27-52(54-46-78-48-79-47-54)40-62(66)75(10)39-38-51-24-18-19-25-61(51)76(75,82)11)33-35-64(68)77-63-34-26-53(49-20-14-12-15-21-49)41-67(63)81(70-44-57(74(7,8)9)43-69(80)71(70)77)65-37-30-56(73(4,5)6)42-60(65)50-22-16-13-17-23-50/h12-37,40-48H,38-39H2,1-11H3. The van der Waals surface area contributed by atoms with Gasteiger partial charge in [-0.1, -0.05) is 197 Å².